The fourth-order valence-electron chi connectivity index (χ4n) is 2.68. The second-order valence-electron chi connectivity index (χ2n) is 6.98. The van der Waals surface area contributed by atoms with Gasteiger partial charge in [0.1, 0.15) is 6.10 Å². The molecule has 1 aliphatic heterocycles. The Morgan fingerprint density at radius 2 is 1.71 bits per heavy atom. The molecule has 24 heavy (non-hydrogen) atoms. The number of hydrogen-bond acceptors (Lipinski definition) is 5. The number of nitrogens with zero attached hydrogens (tertiary/aromatic N) is 1. The molecule has 1 N–H and O–H groups in total. The van der Waals surface area contributed by atoms with Crippen LogP contribution in [0.1, 0.15) is 42.8 Å². The van der Waals surface area contributed by atoms with E-state index < -0.39 is 6.10 Å². The number of hydrogen-bond donors (Lipinski definition) is 1. The van der Waals surface area contributed by atoms with Gasteiger partial charge in [-0.3, -0.25) is 0 Å². The molecular weight excluding hydrogens is 308 g/mol. The number of amides is 1. The van der Waals surface area contributed by atoms with Gasteiger partial charge < -0.3 is 19.7 Å². The maximum absolute atomic E-state index is 12.5. The van der Waals surface area contributed by atoms with Gasteiger partial charge in [0.15, 0.2) is 0 Å². The first kappa shape index (κ1) is 18.3. The summed E-state index contributed by atoms with van der Waals surface area (Å²) < 4.78 is 10.5. The molecule has 1 aliphatic rings. The Hall–Kier alpha value is -2.08. The monoisotopic (exact) mass is 334 g/mol. The van der Waals surface area contributed by atoms with Gasteiger partial charge in [-0.25, -0.2) is 9.59 Å². The molecule has 132 valence electrons. The number of esters is 1. The van der Waals surface area contributed by atoms with Gasteiger partial charge in [-0.15, -0.1) is 0 Å². The highest BCUT2D eigenvalue weighted by Gasteiger charge is 2.32. The first-order valence-corrected chi connectivity index (χ1v) is 8.17. The summed E-state index contributed by atoms with van der Waals surface area (Å²) in [5.74, 6) is -0.383. The van der Waals surface area contributed by atoms with Crippen LogP contribution in [0.3, 0.4) is 0 Å². The van der Waals surface area contributed by atoms with E-state index in [2.05, 4.69) is 5.32 Å². The minimum atomic E-state index is -0.397. The quantitative estimate of drug-likeness (QED) is 0.861. The van der Waals surface area contributed by atoms with Crippen molar-refractivity contribution < 1.29 is 19.1 Å². The van der Waals surface area contributed by atoms with Crippen LogP contribution in [0.5, 0.6) is 0 Å². The summed E-state index contributed by atoms with van der Waals surface area (Å²) in [5.41, 5.74) is 1.07. The molecule has 0 spiro atoms. The molecule has 1 unspecified atom stereocenters. The number of ether oxygens (including phenoxy) is 2. The molecule has 1 saturated heterocycles. The standard InChI is InChI=1S/C18H26N2O4/c1-18(2,3)15(24-17(22)20-11-9-19-10-12-20)13-5-7-14(8-6-13)16(21)23-4/h5-8,15,19H,9-12H2,1-4H3. The van der Waals surface area contributed by atoms with E-state index >= 15 is 0 Å². The molecule has 6 nitrogen and oxygen atoms in total. The van der Waals surface area contributed by atoms with E-state index in [9.17, 15) is 9.59 Å². The van der Waals surface area contributed by atoms with Crippen molar-refractivity contribution in [3.8, 4) is 0 Å². The Balaban J connectivity index is 2.16. The summed E-state index contributed by atoms with van der Waals surface area (Å²) in [6.45, 7) is 8.94. The van der Waals surface area contributed by atoms with Gasteiger partial charge in [0.05, 0.1) is 12.7 Å². The molecule has 0 saturated carbocycles. The Morgan fingerprint density at radius 3 is 2.21 bits per heavy atom. The molecule has 1 aromatic rings. The SMILES string of the molecule is COC(=O)c1ccc(C(OC(=O)N2CCNCC2)C(C)(C)C)cc1. The van der Waals surface area contributed by atoms with E-state index in [-0.39, 0.29) is 17.5 Å². The van der Waals surface area contributed by atoms with Gasteiger partial charge in [0.25, 0.3) is 0 Å². The Bertz CT molecular complexity index is 572. The molecule has 0 aromatic heterocycles. The summed E-state index contributed by atoms with van der Waals surface area (Å²) in [6, 6.07) is 7.01. The normalized spacial score (nSPS) is 16.4. The number of rotatable bonds is 3. The third-order valence-electron chi connectivity index (χ3n) is 4.01. The van der Waals surface area contributed by atoms with Crippen LogP contribution in [-0.2, 0) is 9.47 Å². The molecule has 1 heterocycles. The van der Waals surface area contributed by atoms with Crippen LogP contribution in [0.15, 0.2) is 24.3 Å². The van der Waals surface area contributed by atoms with E-state index in [4.69, 9.17) is 9.47 Å². The Kier molecular flexibility index (Phi) is 5.83. The maximum Gasteiger partial charge on any atom is 0.410 e. The minimum absolute atomic E-state index is 0.267. The summed E-state index contributed by atoms with van der Waals surface area (Å²) >= 11 is 0. The smallest absolute Gasteiger partial charge is 0.410 e. The minimum Gasteiger partial charge on any atom is -0.465 e. The molecule has 1 atom stereocenters. The average Bonchev–Trinajstić information content (AvgIpc) is 2.58. The zero-order valence-corrected chi connectivity index (χ0v) is 14.8. The van der Waals surface area contributed by atoms with Crippen LogP contribution in [0.2, 0.25) is 0 Å². The van der Waals surface area contributed by atoms with Gasteiger partial charge in [0, 0.05) is 31.6 Å². The topological polar surface area (TPSA) is 67.9 Å². The van der Waals surface area contributed by atoms with Crippen molar-refractivity contribution in [1.29, 1.82) is 0 Å². The second-order valence-corrected chi connectivity index (χ2v) is 6.98. The number of carbonyl (C=O) groups excluding carboxylic acids is 2. The van der Waals surface area contributed by atoms with Gasteiger partial charge >= 0.3 is 12.1 Å². The van der Waals surface area contributed by atoms with Crippen LogP contribution in [0.4, 0.5) is 4.79 Å². The first-order valence-electron chi connectivity index (χ1n) is 8.17. The predicted molar refractivity (Wildman–Crippen MR) is 90.9 cm³/mol. The van der Waals surface area contributed by atoms with Crippen molar-refractivity contribution in [2.24, 2.45) is 5.41 Å². The highest BCUT2D eigenvalue weighted by atomic mass is 16.6. The first-order chi connectivity index (χ1) is 11.3. The summed E-state index contributed by atoms with van der Waals surface area (Å²) in [6.07, 6.45) is -0.694. The summed E-state index contributed by atoms with van der Waals surface area (Å²) in [7, 11) is 1.35. The lowest BCUT2D eigenvalue weighted by molar-refractivity contribution is 0.00678. The third kappa shape index (κ3) is 4.47. The number of piperazine rings is 1. The molecule has 0 aliphatic carbocycles. The number of benzene rings is 1. The fourth-order valence-corrected chi connectivity index (χ4v) is 2.68. The lowest BCUT2D eigenvalue weighted by Gasteiger charge is -2.34. The lowest BCUT2D eigenvalue weighted by atomic mass is 9.84. The molecule has 2 rings (SSSR count). The van der Waals surface area contributed by atoms with E-state index in [1.54, 1.807) is 17.0 Å². The Labute approximate surface area is 143 Å². The van der Waals surface area contributed by atoms with Crippen LogP contribution >= 0.6 is 0 Å². The molecule has 0 bridgehead atoms. The fraction of sp³-hybridized carbons (Fsp3) is 0.556. The highest BCUT2D eigenvalue weighted by molar-refractivity contribution is 5.89. The van der Waals surface area contributed by atoms with Crippen molar-refractivity contribution >= 4 is 12.1 Å². The zero-order chi connectivity index (χ0) is 17.7. The molecular formula is C18H26N2O4. The number of carbonyl (C=O) groups is 2. The van der Waals surface area contributed by atoms with Crippen LogP contribution in [0, 0.1) is 5.41 Å². The summed E-state index contributed by atoms with van der Waals surface area (Å²) in [4.78, 5) is 25.7. The summed E-state index contributed by atoms with van der Waals surface area (Å²) in [5, 5.41) is 3.21. The van der Waals surface area contributed by atoms with Crippen molar-refractivity contribution in [3.05, 3.63) is 35.4 Å². The zero-order valence-electron chi connectivity index (χ0n) is 14.8. The van der Waals surface area contributed by atoms with Crippen molar-refractivity contribution in [2.75, 3.05) is 33.3 Å². The van der Waals surface area contributed by atoms with Gasteiger partial charge in [-0.1, -0.05) is 32.9 Å². The van der Waals surface area contributed by atoms with Crippen LogP contribution in [-0.4, -0.2) is 50.3 Å². The maximum atomic E-state index is 12.5. The lowest BCUT2D eigenvalue weighted by Crippen LogP contribution is -2.47. The largest absolute Gasteiger partial charge is 0.465 e. The Morgan fingerprint density at radius 1 is 1.12 bits per heavy atom. The van der Waals surface area contributed by atoms with E-state index in [0.29, 0.717) is 18.7 Å². The predicted octanol–water partition coefficient (Wildman–Crippen LogP) is 2.60. The van der Waals surface area contributed by atoms with E-state index in [0.717, 1.165) is 18.7 Å². The van der Waals surface area contributed by atoms with Gasteiger partial charge in [-0.05, 0) is 17.7 Å². The second kappa shape index (κ2) is 7.66. The van der Waals surface area contributed by atoms with Crippen LogP contribution in [0.25, 0.3) is 0 Å². The van der Waals surface area contributed by atoms with Crippen molar-refractivity contribution in [1.82, 2.24) is 10.2 Å². The number of methoxy groups -OCH3 is 1. The molecule has 1 amide bonds. The van der Waals surface area contributed by atoms with Gasteiger partial charge in [0.2, 0.25) is 0 Å². The molecule has 1 fully saturated rings. The van der Waals surface area contributed by atoms with Crippen molar-refractivity contribution in [3.63, 3.8) is 0 Å². The van der Waals surface area contributed by atoms with E-state index in [1.165, 1.54) is 7.11 Å². The molecule has 1 aromatic carbocycles. The third-order valence-corrected chi connectivity index (χ3v) is 4.01. The van der Waals surface area contributed by atoms with Crippen molar-refractivity contribution in [2.45, 2.75) is 26.9 Å². The number of nitrogens with one attached hydrogen (secondary N) is 1. The van der Waals surface area contributed by atoms with Crippen LogP contribution < -0.4 is 5.32 Å². The van der Waals surface area contributed by atoms with Gasteiger partial charge in [-0.2, -0.15) is 0 Å². The molecule has 6 heteroatoms. The molecule has 0 radical (unpaired) electrons. The van der Waals surface area contributed by atoms with E-state index in [1.807, 2.05) is 32.9 Å². The average molecular weight is 334 g/mol. The highest BCUT2D eigenvalue weighted by Crippen LogP contribution is 2.36.